The molecular weight excluding hydrogens is 342 g/mol. The molecule has 8 heteroatoms. The van der Waals surface area contributed by atoms with E-state index in [9.17, 15) is 9.18 Å². The van der Waals surface area contributed by atoms with E-state index in [4.69, 9.17) is 23.2 Å². The highest BCUT2D eigenvalue weighted by Crippen LogP contribution is 2.27. The average molecular weight is 353 g/mol. The van der Waals surface area contributed by atoms with Crippen molar-refractivity contribution in [3.63, 3.8) is 0 Å². The molecule has 0 radical (unpaired) electrons. The fraction of sp³-hybridized carbons (Fsp3) is 0.200. The summed E-state index contributed by atoms with van der Waals surface area (Å²) < 4.78 is 15.6. The van der Waals surface area contributed by atoms with E-state index in [1.807, 2.05) is 0 Å². The molecule has 1 unspecified atom stereocenters. The molecule has 0 amide bonds. The van der Waals surface area contributed by atoms with Gasteiger partial charge in [-0.05, 0) is 19.1 Å². The summed E-state index contributed by atoms with van der Waals surface area (Å²) in [4.78, 5) is 20.1. The fourth-order valence-electron chi connectivity index (χ4n) is 2.37. The highest BCUT2D eigenvalue weighted by molar-refractivity contribution is 6.30. The van der Waals surface area contributed by atoms with Crippen LogP contribution in [0.5, 0.6) is 0 Å². The Morgan fingerprint density at radius 2 is 2.09 bits per heavy atom. The van der Waals surface area contributed by atoms with Crippen LogP contribution in [-0.4, -0.2) is 25.5 Å². The van der Waals surface area contributed by atoms with Gasteiger partial charge in [0.05, 0.1) is 12.2 Å². The van der Waals surface area contributed by atoms with Gasteiger partial charge < -0.3 is 0 Å². The number of nitrogens with zero attached hydrogens (tertiary/aromatic N) is 4. The van der Waals surface area contributed by atoms with Crippen LogP contribution in [0.3, 0.4) is 0 Å². The molecule has 1 aromatic carbocycles. The predicted octanol–water partition coefficient (Wildman–Crippen LogP) is 4.08. The van der Waals surface area contributed by atoms with Gasteiger partial charge in [0.15, 0.2) is 17.1 Å². The van der Waals surface area contributed by atoms with Crippen LogP contribution in [0.4, 0.5) is 4.39 Å². The highest BCUT2D eigenvalue weighted by Gasteiger charge is 2.22. The van der Waals surface area contributed by atoms with Crippen molar-refractivity contribution in [1.82, 2.24) is 19.7 Å². The Kier molecular flexibility index (Phi) is 4.04. The topological polar surface area (TPSA) is 60.7 Å². The number of fused-ring (bicyclic) bond motifs is 1. The molecule has 0 bridgehead atoms. The molecule has 0 aliphatic heterocycles. The summed E-state index contributed by atoms with van der Waals surface area (Å²) in [5.41, 5.74) is 1.20. The van der Waals surface area contributed by atoms with Gasteiger partial charge in [-0.25, -0.2) is 19.0 Å². The minimum absolute atomic E-state index is 0.164. The van der Waals surface area contributed by atoms with Crippen molar-refractivity contribution < 1.29 is 9.18 Å². The van der Waals surface area contributed by atoms with Crippen molar-refractivity contribution >= 4 is 40.1 Å². The normalized spacial score (nSPS) is 12.6. The van der Waals surface area contributed by atoms with Gasteiger partial charge in [-0.1, -0.05) is 29.3 Å². The SMILES string of the molecule is CC(=O)c1nn(C(C)c2ccc(Cl)cc2F)c2nc(Cl)cnc12. The van der Waals surface area contributed by atoms with E-state index in [2.05, 4.69) is 15.1 Å². The van der Waals surface area contributed by atoms with E-state index in [1.165, 1.54) is 23.9 Å². The first-order valence-corrected chi connectivity index (χ1v) is 7.50. The number of hydrogen-bond acceptors (Lipinski definition) is 4. The van der Waals surface area contributed by atoms with Crippen molar-refractivity contribution in [3.05, 3.63) is 51.6 Å². The molecule has 0 fully saturated rings. The zero-order valence-corrected chi connectivity index (χ0v) is 13.7. The van der Waals surface area contributed by atoms with Crippen LogP contribution < -0.4 is 0 Å². The highest BCUT2D eigenvalue weighted by atomic mass is 35.5. The minimum Gasteiger partial charge on any atom is -0.293 e. The number of benzene rings is 1. The Bertz CT molecular complexity index is 925. The maximum absolute atomic E-state index is 14.2. The first-order chi connectivity index (χ1) is 10.9. The molecule has 0 aliphatic rings. The van der Waals surface area contributed by atoms with Gasteiger partial charge in [0.2, 0.25) is 0 Å². The molecule has 2 heterocycles. The van der Waals surface area contributed by atoms with Crippen molar-refractivity contribution in [2.24, 2.45) is 0 Å². The Balaban J connectivity index is 2.22. The van der Waals surface area contributed by atoms with Crippen LogP contribution >= 0.6 is 23.2 Å². The number of Topliss-reactive ketones (excluding diaryl/α,β-unsaturated/α-hetero) is 1. The van der Waals surface area contributed by atoms with Gasteiger partial charge in [0, 0.05) is 17.5 Å². The van der Waals surface area contributed by atoms with E-state index >= 15 is 0 Å². The van der Waals surface area contributed by atoms with Gasteiger partial charge >= 0.3 is 0 Å². The fourth-order valence-corrected chi connectivity index (χ4v) is 2.65. The molecule has 0 spiro atoms. The third-order valence-corrected chi connectivity index (χ3v) is 3.90. The molecule has 0 N–H and O–H groups in total. The number of rotatable bonds is 3. The number of carbonyl (C=O) groups is 1. The smallest absolute Gasteiger partial charge is 0.182 e. The Morgan fingerprint density at radius 1 is 1.35 bits per heavy atom. The second-order valence-electron chi connectivity index (χ2n) is 5.06. The van der Waals surface area contributed by atoms with Crippen LogP contribution in [0, 0.1) is 5.82 Å². The van der Waals surface area contributed by atoms with Crippen molar-refractivity contribution in [2.75, 3.05) is 0 Å². The Morgan fingerprint density at radius 3 is 2.74 bits per heavy atom. The van der Waals surface area contributed by atoms with Crippen molar-refractivity contribution in [3.8, 4) is 0 Å². The summed E-state index contributed by atoms with van der Waals surface area (Å²) in [5.74, 6) is -0.720. The summed E-state index contributed by atoms with van der Waals surface area (Å²) >= 11 is 11.7. The Labute approximate surface area is 141 Å². The van der Waals surface area contributed by atoms with Gasteiger partial charge in [-0.15, -0.1) is 0 Å². The molecule has 2 aromatic heterocycles. The van der Waals surface area contributed by atoms with Crippen LogP contribution in [-0.2, 0) is 0 Å². The molecule has 5 nitrogen and oxygen atoms in total. The van der Waals surface area contributed by atoms with Crippen LogP contribution in [0.25, 0.3) is 11.2 Å². The first-order valence-electron chi connectivity index (χ1n) is 6.75. The third kappa shape index (κ3) is 2.80. The molecule has 0 saturated carbocycles. The lowest BCUT2D eigenvalue weighted by molar-refractivity contribution is 0.101. The summed E-state index contributed by atoms with van der Waals surface area (Å²) in [7, 11) is 0. The summed E-state index contributed by atoms with van der Waals surface area (Å²) in [6.07, 6.45) is 1.34. The van der Waals surface area contributed by atoms with Crippen molar-refractivity contribution in [2.45, 2.75) is 19.9 Å². The van der Waals surface area contributed by atoms with Crippen molar-refractivity contribution in [1.29, 1.82) is 0 Å². The van der Waals surface area contributed by atoms with E-state index in [0.717, 1.165) is 0 Å². The van der Waals surface area contributed by atoms with E-state index < -0.39 is 11.9 Å². The molecule has 118 valence electrons. The molecule has 0 saturated heterocycles. The van der Waals surface area contributed by atoms with Gasteiger partial charge in [0.1, 0.15) is 16.5 Å². The monoisotopic (exact) mass is 352 g/mol. The molecule has 1 atom stereocenters. The van der Waals surface area contributed by atoms with Crippen LogP contribution in [0.1, 0.15) is 35.9 Å². The largest absolute Gasteiger partial charge is 0.293 e. The third-order valence-electron chi connectivity index (χ3n) is 3.49. The van der Waals surface area contributed by atoms with Gasteiger partial charge in [-0.3, -0.25) is 4.79 Å². The molecule has 23 heavy (non-hydrogen) atoms. The maximum atomic E-state index is 14.2. The summed E-state index contributed by atoms with van der Waals surface area (Å²) in [6.45, 7) is 3.13. The zero-order chi connectivity index (χ0) is 16.7. The summed E-state index contributed by atoms with van der Waals surface area (Å²) in [5, 5.41) is 4.72. The first kappa shape index (κ1) is 15.8. The number of carbonyl (C=O) groups excluding carboxylic acids is 1. The lowest BCUT2D eigenvalue weighted by atomic mass is 10.1. The summed E-state index contributed by atoms with van der Waals surface area (Å²) in [6, 6.07) is 3.87. The number of ketones is 1. The van der Waals surface area contributed by atoms with Crippen LogP contribution in [0.15, 0.2) is 24.4 Å². The minimum atomic E-state index is -0.518. The number of aromatic nitrogens is 4. The maximum Gasteiger partial charge on any atom is 0.182 e. The molecule has 0 aliphatic carbocycles. The average Bonchev–Trinajstić information content (AvgIpc) is 2.85. The molecule has 3 aromatic rings. The standard InChI is InChI=1S/C15H11Cl2FN4O/c1-7(10-4-3-9(16)5-11(10)18)22-15-14(13(21-22)8(2)23)19-6-12(17)20-15/h3-7H,1-2H3. The van der Waals surface area contributed by atoms with Gasteiger partial charge in [-0.2, -0.15) is 5.10 Å². The molecule has 3 rings (SSSR count). The van der Waals surface area contributed by atoms with E-state index in [-0.39, 0.29) is 16.6 Å². The lowest BCUT2D eigenvalue weighted by Crippen LogP contribution is -2.11. The second-order valence-corrected chi connectivity index (χ2v) is 5.88. The lowest BCUT2D eigenvalue weighted by Gasteiger charge is -2.14. The second kappa shape index (κ2) is 5.86. The van der Waals surface area contributed by atoms with Crippen LogP contribution in [0.2, 0.25) is 10.2 Å². The Hall–Kier alpha value is -2.05. The van der Waals surface area contributed by atoms with E-state index in [1.54, 1.807) is 19.1 Å². The molecular formula is C15H11Cl2FN4O. The quantitative estimate of drug-likeness (QED) is 0.666. The number of hydrogen-bond donors (Lipinski definition) is 0. The predicted molar refractivity (Wildman–Crippen MR) is 85.6 cm³/mol. The number of halogens is 3. The zero-order valence-electron chi connectivity index (χ0n) is 12.2. The van der Waals surface area contributed by atoms with Gasteiger partial charge in [0.25, 0.3) is 0 Å². The van der Waals surface area contributed by atoms with E-state index in [0.29, 0.717) is 21.7 Å².